The van der Waals surface area contributed by atoms with Crippen molar-refractivity contribution in [3.05, 3.63) is 104 Å². The molecule has 206 valence electrons. The number of nitrogens with zero attached hydrogens (tertiary/aromatic N) is 3. The van der Waals surface area contributed by atoms with E-state index in [1.807, 2.05) is 36.4 Å². The van der Waals surface area contributed by atoms with Gasteiger partial charge in [0.2, 0.25) is 0 Å². The fourth-order valence-corrected chi connectivity index (χ4v) is 6.40. The van der Waals surface area contributed by atoms with Crippen LogP contribution in [0.3, 0.4) is 0 Å². The van der Waals surface area contributed by atoms with Crippen LogP contribution in [0.1, 0.15) is 44.0 Å². The quantitative estimate of drug-likeness (QED) is 0.199. The number of halogens is 3. The fraction of sp³-hybridized carbons (Fsp3) is 0.387. The van der Waals surface area contributed by atoms with Crippen molar-refractivity contribution in [2.24, 2.45) is 0 Å². The Morgan fingerprint density at radius 3 is 2.18 bits per heavy atom. The van der Waals surface area contributed by atoms with Crippen LogP contribution in [0, 0.1) is 6.57 Å². The standard InChI is InChI=1S/C31H36Cl3N3OSi/c1-31(2,3)39(5,6)38-21-30(23-9-14-26(35-4)15-10-23)36-17-18-37(28-16-13-25(33)19-27(28)34)29(20-36)22-7-11-24(32)12-8-22/h7-16,19,29-30H,17-18,20-21H2,1-3,5-6H3/t29-,30-/m0/s1. The van der Waals surface area contributed by atoms with Crippen molar-refractivity contribution in [3.63, 3.8) is 0 Å². The van der Waals surface area contributed by atoms with Gasteiger partial charge in [0, 0.05) is 29.7 Å². The highest BCUT2D eigenvalue weighted by Gasteiger charge is 2.39. The van der Waals surface area contributed by atoms with Gasteiger partial charge in [0.25, 0.3) is 0 Å². The summed E-state index contributed by atoms with van der Waals surface area (Å²) in [5.41, 5.74) is 3.94. The molecule has 4 nitrogen and oxygen atoms in total. The zero-order valence-electron chi connectivity index (χ0n) is 23.2. The minimum absolute atomic E-state index is 0.0487. The van der Waals surface area contributed by atoms with Crippen molar-refractivity contribution >= 4 is 54.5 Å². The molecule has 3 aromatic rings. The first-order valence-electron chi connectivity index (χ1n) is 13.2. The maximum atomic E-state index is 7.38. The van der Waals surface area contributed by atoms with Crippen LogP contribution in [0.5, 0.6) is 0 Å². The van der Waals surface area contributed by atoms with Crippen molar-refractivity contribution in [2.75, 3.05) is 31.1 Å². The fourth-order valence-electron chi connectivity index (χ4n) is 4.75. The van der Waals surface area contributed by atoms with Gasteiger partial charge in [0.1, 0.15) is 0 Å². The molecule has 0 N–H and O–H groups in total. The molecule has 0 saturated carbocycles. The molecule has 4 rings (SSSR count). The summed E-state index contributed by atoms with van der Waals surface area (Å²) in [5.74, 6) is 0. The van der Waals surface area contributed by atoms with E-state index in [4.69, 9.17) is 45.8 Å². The Kier molecular flexibility index (Phi) is 9.38. The second kappa shape index (κ2) is 12.2. The maximum Gasteiger partial charge on any atom is 0.192 e. The van der Waals surface area contributed by atoms with Crippen molar-refractivity contribution < 1.29 is 4.43 Å². The molecule has 0 aromatic heterocycles. The van der Waals surface area contributed by atoms with Gasteiger partial charge in [-0.05, 0) is 59.6 Å². The van der Waals surface area contributed by atoms with E-state index in [2.05, 4.69) is 72.8 Å². The van der Waals surface area contributed by atoms with Crippen LogP contribution in [0.4, 0.5) is 11.4 Å². The number of rotatable bonds is 7. The third kappa shape index (κ3) is 7.00. The molecule has 3 aromatic carbocycles. The Morgan fingerprint density at radius 2 is 1.59 bits per heavy atom. The molecule has 0 radical (unpaired) electrons. The monoisotopic (exact) mass is 599 g/mol. The first-order chi connectivity index (χ1) is 18.4. The van der Waals surface area contributed by atoms with Gasteiger partial charge in [-0.2, -0.15) is 0 Å². The van der Waals surface area contributed by atoms with Gasteiger partial charge >= 0.3 is 0 Å². The Balaban J connectivity index is 1.70. The summed E-state index contributed by atoms with van der Waals surface area (Å²) in [7, 11) is -1.98. The molecular weight excluding hydrogens is 565 g/mol. The lowest BCUT2D eigenvalue weighted by Crippen LogP contribution is -2.51. The molecule has 0 amide bonds. The van der Waals surface area contributed by atoms with Gasteiger partial charge in [0.05, 0.1) is 36.0 Å². The van der Waals surface area contributed by atoms with Crippen LogP contribution in [0.2, 0.25) is 33.2 Å². The summed E-state index contributed by atoms with van der Waals surface area (Å²) in [6, 6.07) is 21.8. The van der Waals surface area contributed by atoms with E-state index >= 15 is 0 Å². The van der Waals surface area contributed by atoms with Gasteiger partial charge in [-0.3, -0.25) is 4.90 Å². The average molecular weight is 601 g/mol. The van der Waals surface area contributed by atoms with E-state index in [9.17, 15) is 0 Å². The van der Waals surface area contributed by atoms with Gasteiger partial charge in [-0.1, -0.05) is 92.0 Å². The molecular formula is C31H36Cl3N3OSi. The van der Waals surface area contributed by atoms with Crippen molar-refractivity contribution in [1.29, 1.82) is 0 Å². The van der Waals surface area contributed by atoms with Gasteiger partial charge in [-0.25, -0.2) is 4.85 Å². The number of hydrogen-bond acceptors (Lipinski definition) is 3. The topological polar surface area (TPSA) is 20.1 Å². The number of hydrogen-bond donors (Lipinski definition) is 0. The molecule has 1 fully saturated rings. The Labute approximate surface area is 249 Å². The van der Waals surface area contributed by atoms with Gasteiger partial charge in [-0.15, -0.1) is 0 Å². The molecule has 1 saturated heterocycles. The number of piperazine rings is 1. The van der Waals surface area contributed by atoms with Crippen molar-refractivity contribution in [3.8, 4) is 0 Å². The summed E-state index contributed by atoms with van der Waals surface area (Å²) in [6.45, 7) is 21.8. The van der Waals surface area contributed by atoms with Gasteiger partial charge in [0.15, 0.2) is 14.0 Å². The van der Waals surface area contributed by atoms with E-state index in [1.165, 1.54) is 5.56 Å². The SMILES string of the molecule is [C-]#[N+]c1ccc([C@H](CO[Si](C)(C)C(C)(C)C)N2CCN(c3ccc(Cl)cc3Cl)[C@H](c3ccc(Cl)cc3)C2)cc1. The van der Waals surface area contributed by atoms with E-state index in [-0.39, 0.29) is 17.1 Å². The average Bonchev–Trinajstić information content (AvgIpc) is 2.89. The predicted molar refractivity (Wildman–Crippen MR) is 168 cm³/mol. The van der Waals surface area contributed by atoms with Crippen LogP contribution in [-0.4, -0.2) is 39.5 Å². The molecule has 1 aliphatic rings. The van der Waals surface area contributed by atoms with Crippen LogP contribution in [-0.2, 0) is 4.43 Å². The second-order valence-corrected chi connectivity index (χ2v) is 17.7. The highest BCUT2D eigenvalue weighted by atomic mass is 35.5. The van der Waals surface area contributed by atoms with Crippen LogP contribution < -0.4 is 4.90 Å². The maximum absolute atomic E-state index is 7.38. The molecule has 2 atom stereocenters. The first kappa shape index (κ1) is 29.9. The molecule has 39 heavy (non-hydrogen) atoms. The summed E-state index contributed by atoms with van der Waals surface area (Å²) < 4.78 is 6.79. The largest absolute Gasteiger partial charge is 0.415 e. The van der Waals surface area contributed by atoms with Gasteiger partial charge < -0.3 is 9.33 Å². The molecule has 0 unspecified atom stereocenters. The van der Waals surface area contributed by atoms with Crippen LogP contribution in [0.25, 0.3) is 4.85 Å². The third-order valence-corrected chi connectivity index (χ3v) is 13.4. The zero-order valence-corrected chi connectivity index (χ0v) is 26.5. The third-order valence-electron chi connectivity index (χ3n) is 8.14. The normalized spacial score (nSPS) is 17.6. The first-order valence-corrected chi connectivity index (χ1v) is 17.3. The molecule has 1 aliphatic heterocycles. The highest BCUT2D eigenvalue weighted by Crippen LogP contribution is 2.41. The molecule has 0 aliphatic carbocycles. The summed E-state index contributed by atoms with van der Waals surface area (Å²) >= 11 is 19.2. The number of benzene rings is 3. The van der Waals surface area contributed by atoms with E-state index in [1.54, 1.807) is 6.07 Å². The molecule has 8 heteroatoms. The predicted octanol–water partition coefficient (Wildman–Crippen LogP) is 9.82. The Morgan fingerprint density at radius 1 is 0.949 bits per heavy atom. The zero-order chi connectivity index (χ0) is 28.4. The summed E-state index contributed by atoms with van der Waals surface area (Å²) in [6.07, 6.45) is 0. The molecule has 0 bridgehead atoms. The summed E-state index contributed by atoms with van der Waals surface area (Å²) in [4.78, 5) is 8.47. The van der Waals surface area contributed by atoms with Crippen LogP contribution in [0.15, 0.2) is 66.7 Å². The van der Waals surface area contributed by atoms with E-state index in [0.717, 1.165) is 30.9 Å². The van der Waals surface area contributed by atoms with Crippen molar-refractivity contribution in [1.82, 2.24) is 4.90 Å². The van der Waals surface area contributed by atoms with E-state index in [0.29, 0.717) is 27.4 Å². The molecule has 1 heterocycles. The smallest absolute Gasteiger partial charge is 0.192 e. The minimum atomic E-state index is -1.98. The number of anilines is 1. The second-order valence-electron chi connectivity index (χ2n) is 11.6. The van der Waals surface area contributed by atoms with E-state index < -0.39 is 8.32 Å². The lowest BCUT2D eigenvalue weighted by atomic mass is 9.98. The van der Waals surface area contributed by atoms with Crippen LogP contribution >= 0.6 is 34.8 Å². The molecule has 0 spiro atoms. The lowest BCUT2D eigenvalue weighted by molar-refractivity contribution is 0.106. The van der Waals surface area contributed by atoms with Crippen molar-refractivity contribution in [2.45, 2.75) is 51.0 Å². The lowest BCUT2D eigenvalue weighted by Gasteiger charge is -2.47. The highest BCUT2D eigenvalue weighted by molar-refractivity contribution is 6.74. The summed E-state index contributed by atoms with van der Waals surface area (Å²) in [5, 5.41) is 2.09. The Hall–Kier alpha value is -2.04. The Bertz CT molecular complexity index is 1320. The minimum Gasteiger partial charge on any atom is -0.415 e.